The Morgan fingerprint density at radius 1 is 1.21 bits per heavy atom. The lowest BCUT2D eigenvalue weighted by Gasteiger charge is -2.13. The summed E-state index contributed by atoms with van der Waals surface area (Å²) in [6.07, 6.45) is -1.18. The first kappa shape index (κ1) is 19.6. The van der Waals surface area contributed by atoms with E-state index >= 15 is 0 Å². The summed E-state index contributed by atoms with van der Waals surface area (Å²) >= 11 is 5.68. The second kappa shape index (κ2) is 8.22. The summed E-state index contributed by atoms with van der Waals surface area (Å²) in [6.45, 7) is 2.94. The van der Waals surface area contributed by atoms with E-state index in [0.29, 0.717) is 5.56 Å². The third kappa shape index (κ3) is 4.37. The summed E-state index contributed by atoms with van der Waals surface area (Å²) in [5, 5.41) is 2.55. The number of amides is 1. The van der Waals surface area contributed by atoms with Crippen molar-refractivity contribution in [2.75, 3.05) is 5.32 Å². The molecule has 0 saturated heterocycles. The first-order valence-corrected chi connectivity index (χ1v) is 8.72. The molecule has 1 aromatic heterocycles. The maximum atomic E-state index is 13.8. The molecule has 1 atom stereocenters. The summed E-state index contributed by atoms with van der Waals surface area (Å²) in [6, 6.07) is 12.9. The van der Waals surface area contributed by atoms with Crippen LogP contribution in [0.15, 0.2) is 52.9 Å². The number of aryl methyl sites for hydroxylation is 1. The Morgan fingerprint density at radius 3 is 2.61 bits per heavy atom. The zero-order valence-corrected chi connectivity index (χ0v) is 15.8. The predicted molar refractivity (Wildman–Crippen MR) is 102 cm³/mol. The van der Waals surface area contributed by atoms with Crippen molar-refractivity contribution in [3.05, 3.63) is 70.8 Å². The van der Waals surface area contributed by atoms with Crippen LogP contribution < -0.4 is 5.32 Å². The van der Waals surface area contributed by atoms with E-state index in [1.165, 1.54) is 19.1 Å². The monoisotopic (exact) mass is 402 g/mol. The molecule has 3 rings (SSSR count). The zero-order valence-electron chi connectivity index (χ0n) is 15.0. The number of carbonyl (C=O) groups excluding carboxylic acids is 2. The molecule has 3 aromatic rings. The van der Waals surface area contributed by atoms with Crippen LogP contribution in [0.5, 0.6) is 0 Å². The highest BCUT2D eigenvalue weighted by Gasteiger charge is 2.25. The molecule has 8 heteroatoms. The van der Waals surface area contributed by atoms with Gasteiger partial charge in [-0.15, -0.1) is 0 Å². The van der Waals surface area contributed by atoms with E-state index in [2.05, 4.69) is 10.3 Å². The highest BCUT2D eigenvalue weighted by molar-refractivity contribution is 6.30. The van der Waals surface area contributed by atoms with Crippen LogP contribution in [0, 0.1) is 12.7 Å². The molecule has 0 fully saturated rings. The largest absolute Gasteiger partial charge is 0.448 e. The van der Waals surface area contributed by atoms with Crippen molar-refractivity contribution in [1.82, 2.24) is 4.98 Å². The van der Waals surface area contributed by atoms with Gasteiger partial charge in [-0.25, -0.2) is 14.2 Å². The molecular weight excluding hydrogens is 387 g/mol. The number of benzene rings is 2. The normalized spacial score (nSPS) is 11.7. The molecule has 0 aliphatic rings. The summed E-state index contributed by atoms with van der Waals surface area (Å²) in [4.78, 5) is 28.7. The fourth-order valence-electron chi connectivity index (χ4n) is 2.39. The van der Waals surface area contributed by atoms with Gasteiger partial charge in [0.05, 0.1) is 5.69 Å². The van der Waals surface area contributed by atoms with Crippen molar-refractivity contribution in [2.24, 2.45) is 0 Å². The molecular formula is C20H16ClFN2O4. The second-order valence-corrected chi connectivity index (χ2v) is 6.39. The summed E-state index contributed by atoms with van der Waals surface area (Å²) < 4.78 is 24.4. The first-order valence-electron chi connectivity index (χ1n) is 8.35. The molecule has 0 aliphatic heterocycles. The van der Waals surface area contributed by atoms with Crippen LogP contribution in [-0.4, -0.2) is 23.0 Å². The van der Waals surface area contributed by atoms with Crippen LogP contribution in [0.2, 0.25) is 5.02 Å². The van der Waals surface area contributed by atoms with Crippen molar-refractivity contribution in [2.45, 2.75) is 20.0 Å². The van der Waals surface area contributed by atoms with Crippen molar-refractivity contribution < 1.29 is 23.1 Å². The second-order valence-electron chi connectivity index (χ2n) is 5.95. The van der Waals surface area contributed by atoms with Gasteiger partial charge in [-0.1, -0.05) is 29.8 Å². The van der Waals surface area contributed by atoms with Gasteiger partial charge in [0.25, 0.3) is 5.91 Å². The molecule has 0 radical (unpaired) electrons. The third-order valence-electron chi connectivity index (χ3n) is 3.85. The number of carbonyl (C=O) groups is 2. The Labute approximate surface area is 165 Å². The molecule has 0 saturated carbocycles. The molecule has 0 unspecified atom stereocenters. The van der Waals surface area contributed by atoms with Gasteiger partial charge < -0.3 is 14.5 Å². The van der Waals surface area contributed by atoms with Crippen molar-refractivity contribution in [3.8, 4) is 11.5 Å². The van der Waals surface area contributed by atoms with Gasteiger partial charge in [0.2, 0.25) is 5.89 Å². The summed E-state index contributed by atoms with van der Waals surface area (Å²) in [5.41, 5.74) is 0.603. The third-order valence-corrected chi connectivity index (χ3v) is 4.09. The number of hydrogen-bond donors (Lipinski definition) is 1. The van der Waals surface area contributed by atoms with Crippen LogP contribution in [0.4, 0.5) is 10.1 Å². The zero-order chi connectivity index (χ0) is 20.3. The molecule has 0 spiro atoms. The quantitative estimate of drug-likeness (QED) is 0.629. The first-order chi connectivity index (χ1) is 13.3. The molecule has 2 aromatic carbocycles. The predicted octanol–water partition coefficient (Wildman–Crippen LogP) is 4.63. The Kier molecular flexibility index (Phi) is 5.75. The van der Waals surface area contributed by atoms with Gasteiger partial charge in [-0.3, -0.25) is 4.79 Å². The van der Waals surface area contributed by atoms with Gasteiger partial charge in [-0.05, 0) is 44.2 Å². The topological polar surface area (TPSA) is 81.4 Å². The smallest absolute Gasteiger partial charge is 0.361 e. The standard InChI is InChI=1S/C20H16ClFN2O4/c1-11-17(24-19(27-11)13-6-4-3-5-7-13)20(26)28-12(2)18(25)23-16-9-8-14(21)10-15(16)22/h3-10,12H,1-2H3,(H,23,25)/t12-/m1/s1. The summed E-state index contributed by atoms with van der Waals surface area (Å²) in [7, 11) is 0. The highest BCUT2D eigenvalue weighted by Crippen LogP contribution is 2.23. The van der Waals surface area contributed by atoms with E-state index in [0.717, 1.165) is 6.07 Å². The van der Waals surface area contributed by atoms with Gasteiger partial charge in [-0.2, -0.15) is 0 Å². The van der Waals surface area contributed by atoms with Gasteiger partial charge in [0, 0.05) is 10.6 Å². The highest BCUT2D eigenvalue weighted by atomic mass is 35.5. The van der Waals surface area contributed by atoms with Gasteiger partial charge >= 0.3 is 5.97 Å². The molecule has 0 bridgehead atoms. The number of nitrogens with one attached hydrogen (secondary N) is 1. The molecule has 1 N–H and O–H groups in total. The van der Waals surface area contributed by atoms with E-state index in [4.69, 9.17) is 20.8 Å². The Morgan fingerprint density at radius 2 is 1.93 bits per heavy atom. The maximum absolute atomic E-state index is 13.8. The van der Waals surface area contributed by atoms with Gasteiger partial charge in [0.15, 0.2) is 11.8 Å². The number of oxazole rings is 1. The van der Waals surface area contributed by atoms with E-state index in [1.54, 1.807) is 19.1 Å². The molecule has 0 aliphatic carbocycles. The molecule has 144 valence electrons. The fourth-order valence-corrected chi connectivity index (χ4v) is 2.54. The number of anilines is 1. The number of ether oxygens (including phenoxy) is 1. The minimum absolute atomic E-state index is 0.0313. The van der Waals surface area contributed by atoms with E-state index in [9.17, 15) is 14.0 Å². The lowest BCUT2D eigenvalue weighted by molar-refractivity contribution is -0.123. The van der Waals surface area contributed by atoms with Crippen LogP contribution >= 0.6 is 11.6 Å². The average molecular weight is 403 g/mol. The lowest BCUT2D eigenvalue weighted by Crippen LogP contribution is -2.30. The van der Waals surface area contributed by atoms with Gasteiger partial charge in [0.1, 0.15) is 11.6 Å². The van der Waals surface area contributed by atoms with Crippen LogP contribution in [0.3, 0.4) is 0 Å². The summed E-state index contributed by atoms with van der Waals surface area (Å²) in [5.74, 6) is -1.67. The van der Waals surface area contributed by atoms with E-state index < -0.39 is 23.8 Å². The van der Waals surface area contributed by atoms with Crippen LogP contribution in [0.1, 0.15) is 23.2 Å². The van der Waals surface area contributed by atoms with Crippen molar-refractivity contribution >= 4 is 29.2 Å². The minimum atomic E-state index is -1.18. The SMILES string of the molecule is Cc1oc(-c2ccccc2)nc1C(=O)O[C@H](C)C(=O)Nc1ccc(Cl)cc1F. The Bertz CT molecular complexity index is 1020. The number of esters is 1. The lowest BCUT2D eigenvalue weighted by atomic mass is 10.2. The van der Waals surface area contributed by atoms with E-state index in [-0.39, 0.29) is 28.1 Å². The minimum Gasteiger partial charge on any atom is -0.448 e. The number of hydrogen-bond acceptors (Lipinski definition) is 5. The van der Waals surface area contributed by atoms with E-state index in [1.807, 2.05) is 18.2 Å². The number of halogens is 2. The average Bonchev–Trinajstić information content (AvgIpc) is 3.06. The Hall–Kier alpha value is -3.19. The molecule has 1 heterocycles. The van der Waals surface area contributed by atoms with Crippen LogP contribution in [0.25, 0.3) is 11.5 Å². The van der Waals surface area contributed by atoms with Crippen molar-refractivity contribution in [1.29, 1.82) is 0 Å². The molecule has 6 nitrogen and oxygen atoms in total. The fraction of sp³-hybridized carbons (Fsp3) is 0.150. The Balaban J connectivity index is 1.68. The van der Waals surface area contributed by atoms with Crippen LogP contribution in [-0.2, 0) is 9.53 Å². The molecule has 28 heavy (non-hydrogen) atoms. The number of nitrogens with zero attached hydrogens (tertiary/aromatic N) is 1. The number of aromatic nitrogens is 1. The maximum Gasteiger partial charge on any atom is 0.361 e. The van der Waals surface area contributed by atoms with Crippen molar-refractivity contribution in [3.63, 3.8) is 0 Å². The molecule has 1 amide bonds. The number of rotatable bonds is 5.